The van der Waals surface area contributed by atoms with Crippen LogP contribution in [0.5, 0.6) is 0 Å². The standard InChI is InChI=1S/C32H19Cl2N3O4/c33-25-27(31(40)21-12-6-4-10-19(21)29(25)38)36-18-14-15-23(35-17-8-2-1-3-9-17)24(16-18)37-28-26(34)30(39)20-11-5-7-13-22(20)32(28)41/h1-16,35-37H. The van der Waals surface area contributed by atoms with E-state index < -0.39 is 23.1 Å². The molecule has 0 heterocycles. The molecule has 0 unspecified atom stereocenters. The van der Waals surface area contributed by atoms with Crippen LogP contribution in [0.15, 0.2) is 119 Å². The van der Waals surface area contributed by atoms with E-state index in [9.17, 15) is 19.2 Å². The number of ketones is 4. The Morgan fingerprint density at radius 2 is 0.878 bits per heavy atom. The van der Waals surface area contributed by atoms with E-state index in [4.69, 9.17) is 23.2 Å². The Hall–Kier alpha value is -4.98. The van der Waals surface area contributed by atoms with Crippen LogP contribution in [0.25, 0.3) is 0 Å². The van der Waals surface area contributed by atoms with Gasteiger partial charge in [0.15, 0.2) is 0 Å². The van der Waals surface area contributed by atoms with Gasteiger partial charge in [-0.15, -0.1) is 0 Å². The van der Waals surface area contributed by atoms with Crippen molar-refractivity contribution in [1.29, 1.82) is 0 Å². The average molecular weight is 580 g/mol. The summed E-state index contributed by atoms with van der Waals surface area (Å²) in [5.74, 6) is -1.81. The molecule has 0 saturated heterocycles. The van der Waals surface area contributed by atoms with Crippen molar-refractivity contribution in [3.8, 4) is 0 Å². The highest BCUT2D eigenvalue weighted by Gasteiger charge is 2.33. The summed E-state index contributed by atoms with van der Waals surface area (Å²) in [4.78, 5) is 52.5. The number of carbonyl (C=O) groups excluding carboxylic acids is 4. The van der Waals surface area contributed by atoms with Gasteiger partial charge in [0.05, 0.1) is 11.4 Å². The minimum atomic E-state index is -0.474. The summed E-state index contributed by atoms with van der Waals surface area (Å²) in [5, 5.41) is 8.82. The topological polar surface area (TPSA) is 104 Å². The lowest BCUT2D eigenvalue weighted by molar-refractivity contribution is 0.0982. The first-order valence-electron chi connectivity index (χ1n) is 12.5. The number of hydrogen-bond acceptors (Lipinski definition) is 7. The maximum absolute atomic E-state index is 13.4. The number of allylic oxidation sites excluding steroid dienone is 4. The fourth-order valence-corrected chi connectivity index (χ4v) is 5.17. The number of rotatable bonds is 6. The summed E-state index contributed by atoms with van der Waals surface area (Å²) in [6.07, 6.45) is 0. The Labute approximate surface area is 244 Å². The second-order valence-corrected chi connectivity index (χ2v) is 10.0. The number of nitrogens with one attached hydrogen (secondary N) is 3. The first-order valence-corrected chi connectivity index (χ1v) is 13.3. The molecule has 0 saturated carbocycles. The van der Waals surface area contributed by atoms with Gasteiger partial charge in [-0.25, -0.2) is 0 Å². The average Bonchev–Trinajstić information content (AvgIpc) is 3.00. The van der Waals surface area contributed by atoms with Crippen molar-refractivity contribution in [2.45, 2.75) is 0 Å². The molecule has 0 amide bonds. The van der Waals surface area contributed by atoms with Crippen LogP contribution in [0.1, 0.15) is 41.4 Å². The van der Waals surface area contributed by atoms with Gasteiger partial charge in [0.25, 0.3) is 0 Å². The lowest BCUT2D eigenvalue weighted by Crippen LogP contribution is -2.25. The fourth-order valence-electron chi connectivity index (χ4n) is 4.70. The van der Waals surface area contributed by atoms with Crippen molar-refractivity contribution in [2.24, 2.45) is 0 Å². The maximum Gasteiger partial charge on any atom is 0.211 e. The predicted molar refractivity (Wildman–Crippen MR) is 159 cm³/mol. The van der Waals surface area contributed by atoms with E-state index in [0.29, 0.717) is 17.1 Å². The predicted octanol–water partition coefficient (Wildman–Crippen LogP) is 7.31. The van der Waals surface area contributed by atoms with E-state index in [1.165, 1.54) is 0 Å². The van der Waals surface area contributed by atoms with Gasteiger partial charge in [-0.2, -0.15) is 0 Å². The second kappa shape index (κ2) is 10.5. The van der Waals surface area contributed by atoms with Gasteiger partial charge in [-0.3, -0.25) is 19.2 Å². The molecule has 0 atom stereocenters. The van der Waals surface area contributed by atoms with Gasteiger partial charge in [0.1, 0.15) is 21.5 Å². The fraction of sp³-hybridized carbons (Fsp3) is 0. The van der Waals surface area contributed by atoms with Gasteiger partial charge >= 0.3 is 0 Å². The minimum Gasteiger partial charge on any atom is -0.354 e. The molecule has 0 spiro atoms. The lowest BCUT2D eigenvalue weighted by atomic mass is 9.92. The van der Waals surface area contributed by atoms with E-state index in [0.717, 1.165) is 5.69 Å². The largest absolute Gasteiger partial charge is 0.354 e. The first kappa shape index (κ1) is 26.3. The molecule has 4 aromatic rings. The van der Waals surface area contributed by atoms with Crippen LogP contribution < -0.4 is 16.0 Å². The smallest absolute Gasteiger partial charge is 0.211 e. The Balaban J connectivity index is 1.40. The first-order chi connectivity index (χ1) is 19.8. The molecular weight excluding hydrogens is 561 g/mol. The molecule has 7 nitrogen and oxygen atoms in total. The molecule has 0 aromatic heterocycles. The summed E-state index contributed by atoms with van der Waals surface area (Å²) >= 11 is 12.8. The van der Waals surface area contributed by atoms with Gasteiger partial charge in [0.2, 0.25) is 23.1 Å². The Morgan fingerprint density at radius 3 is 1.41 bits per heavy atom. The van der Waals surface area contributed by atoms with Crippen LogP contribution in [-0.2, 0) is 0 Å². The number of anilines is 4. The highest BCUT2D eigenvalue weighted by Crippen LogP contribution is 2.36. The molecule has 2 aliphatic rings. The SMILES string of the molecule is O=C1C(Cl)=C(Nc2ccc(Nc3ccccc3)c(NC3=C(Cl)C(=O)c4ccccc4C3=O)c2)C(=O)c2ccccc21. The number of fused-ring (bicyclic) bond motifs is 2. The molecule has 4 aromatic carbocycles. The molecule has 41 heavy (non-hydrogen) atoms. The van der Waals surface area contributed by atoms with Gasteiger partial charge < -0.3 is 16.0 Å². The molecule has 2 aliphatic carbocycles. The van der Waals surface area contributed by atoms with Crippen LogP contribution in [0.3, 0.4) is 0 Å². The molecule has 0 aliphatic heterocycles. The molecule has 9 heteroatoms. The third kappa shape index (κ3) is 4.71. The number of Topliss-reactive ketones (excluding diaryl/α,β-unsaturated/α-hetero) is 4. The number of hydrogen-bond donors (Lipinski definition) is 3. The van der Waals surface area contributed by atoms with E-state index >= 15 is 0 Å². The molecule has 0 radical (unpaired) electrons. The third-order valence-electron chi connectivity index (χ3n) is 6.73. The van der Waals surface area contributed by atoms with Crippen molar-refractivity contribution in [3.63, 3.8) is 0 Å². The number of benzene rings is 4. The van der Waals surface area contributed by atoms with E-state index in [-0.39, 0.29) is 43.7 Å². The van der Waals surface area contributed by atoms with Crippen LogP contribution in [0, 0.1) is 0 Å². The highest BCUT2D eigenvalue weighted by atomic mass is 35.5. The summed E-state index contributed by atoms with van der Waals surface area (Å²) < 4.78 is 0. The molecule has 3 N–H and O–H groups in total. The summed E-state index contributed by atoms with van der Waals surface area (Å²) in [5.41, 5.74) is 2.88. The second-order valence-electron chi connectivity index (χ2n) is 9.29. The number of halogens is 2. The zero-order valence-corrected chi connectivity index (χ0v) is 22.6. The van der Waals surface area contributed by atoms with Gasteiger partial charge in [-0.05, 0) is 30.3 Å². The van der Waals surface area contributed by atoms with E-state index in [2.05, 4.69) is 16.0 Å². The van der Waals surface area contributed by atoms with Gasteiger partial charge in [0, 0.05) is 33.6 Å². The zero-order valence-electron chi connectivity index (χ0n) is 21.1. The van der Waals surface area contributed by atoms with Crippen molar-refractivity contribution in [2.75, 3.05) is 16.0 Å². The normalized spacial score (nSPS) is 14.6. The lowest BCUT2D eigenvalue weighted by Gasteiger charge is -2.22. The van der Waals surface area contributed by atoms with Crippen molar-refractivity contribution >= 4 is 69.1 Å². The van der Waals surface area contributed by atoms with E-state index in [1.54, 1.807) is 66.7 Å². The summed E-state index contributed by atoms with van der Waals surface area (Å²) in [6, 6.07) is 27.3. The van der Waals surface area contributed by atoms with Crippen molar-refractivity contribution < 1.29 is 19.2 Å². The van der Waals surface area contributed by atoms with E-state index in [1.807, 2.05) is 30.3 Å². The van der Waals surface area contributed by atoms with Crippen LogP contribution in [0.4, 0.5) is 22.7 Å². The molecule has 6 rings (SSSR count). The van der Waals surface area contributed by atoms with Crippen molar-refractivity contribution in [3.05, 3.63) is 141 Å². The quantitative estimate of drug-likeness (QED) is 0.220. The van der Waals surface area contributed by atoms with Crippen molar-refractivity contribution in [1.82, 2.24) is 0 Å². The Kier molecular flexibility index (Phi) is 6.75. The Bertz CT molecular complexity index is 1860. The molecule has 0 fully saturated rings. The molecular formula is C32H19Cl2N3O4. The third-order valence-corrected chi connectivity index (χ3v) is 7.45. The van der Waals surface area contributed by atoms with Crippen LogP contribution in [-0.4, -0.2) is 23.1 Å². The summed E-state index contributed by atoms with van der Waals surface area (Å²) in [6.45, 7) is 0. The van der Waals surface area contributed by atoms with Gasteiger partial charge in [-0.1, -0.05) is 89.9 Å². The highest BCUT2D eigenvalue weighted by molar-refractivity contribution is 6.51. The maximum atomic E-state index is 13.4. The van der Waals surface area contributed by atoms with Crippen LogP contribution >= 0.6 is 23.2 Å². The number of carbonyl (C=O) groups is 4. The molecule has 200 valence electrons. The summed E-state index contributed by atoms with van der Waals surface area (Å²) in [7, 11) is 0. The minimum absolute atomic E-state index is 0.0693. The number of para-hydroxylation sites is 1. The Morgan fingerprint density at radius 1 is 0.415 bits per heavy atom. The monoisotopic (exact) mass is 579 g/mol. The van der Waals surface area contributed by atoms with Crippen LogP contribution in [0.2, 0.25) is 0 Å². The zero-order chi connectivity index (χ0) is 28.7. The molecule has 0 bridgehead atoms.